The van der Waals surface area contributed by atoms with Crippen molar-refractivity contribution in [2.24, 2.45) is 0 Å². The van der Waals surface area contributed by atoms with E-state index in [1.54, 1.807) is 4.90 Å². The van der Waals surface area contributed by atoms with E-state index in [-0.39, 0.29) is 41.8 Å². The van der Waals surface area contributed by atoms with E-state index in [4.69, 9.17) is 11.6 Å². The smallest absolute Gasteiger partial charge is 0.234 e. The molecule has 2 heterocycles. The van der Waals surface area contributed by atoms with Gasteiger partial charge in [0.25, 0.3) is 0 Å². The lowest BCUT2D eigenvalue weighted by atomic mass is 9.89. The van der Waals surface area contributed by atoms with Crippen molar-refractivity contribution in [2.45, 2.75) is 31.2 Å². The Morgan fingerprint density at radius 3 is 2.41 bits per heavy atom. The number of nitrogens with zero attached hydrogens (tertiary/aromatic N) is 1. The predicted octanol–water partition coefficient (Wildman–Crippen LogP) is 2.83. The van der Waals surface area contributed by atoms with Crippen LogP contribution in [0, 0.1) is 17.5 Å². The third kappa shape index (κ3) is 4.57. The predicted molar refractivity (Wildman–Crippen MR) is 111 cm³/mol. The molecule has 0 spiro atoms. The average Bonchev–Trinajstić information content (AvgIpc) is 2.68. The van der Waals surface area contributed by atoms with Gasteiger partial charge in [0.1, 0.15) is 17.5 Å². The fourth-order valence-electron chi connectivity index (χ4n) is 3.95. The molecule has 2 aliphatic rings. The Hall–Kier alpha value is -3.07. The number of hydrogen-bond acceptors (Lipinski definition) is 4. The maximum absolute atomic E-state index is 14.7. The molecule has 2 saturated heterocycles. The topological polar surface area (TPSA) is 78.5 Å². The van der Waals surface area contributed by atoms with Gasteiger partial charge in [0.05, 0.1) is 23.4 Å². The summed E-state index contributed by atoms with van der Waals surface area (Å²) in [6.07, 6.45) is 0.101. The van der Waals surface area contributed by atoms with Gasteiger partial charge in [-0.2, -0.15) is 0 Å². The lowest BCUT2D eigenvalue weighted by molar-refractivity contribution is -0.134. The molecule has 0 aliphatic carbocycles. The Morgan fingerprint density at radius 1 is 1.09 bits per heavy atom. The summed E-state index contributed by atoms with van der Waals surface area (Å²) < 4.78 is 42.5. The highest BCUT2D eigenvalue weighted by atomic mass is 35.5. The number of hydrogen-bond donors (Lipinski definition) is 2. The molecule has 2 aliphatic heterocycles. The van der Waals surface area contributed by atoms with Crippen LogP contribution in [0.15, 0.2) is 30.3 Å². The highest BCUT2D eigenvalue weighted by molar-refractivity contribution is 6.30. The fourth-order valence-corrected chi connectivity index (χ4v) is 4.15. The summed E-state index contributed by atoms with van der Waals surface area (Å²) in [5, 5.41) is 4.85. The molecule has 2 N–H and O–H groups in total. The SMILES string of the molecule is O=C1CCC(c2c(F)cc(N3CC(NC(=O)Cc4ccc(F)c(Cl)c4)C3)cc2F)C(=O)N1. The Balaban J connectivity index is 1.35. The number of carbonyl (C=O) groups is 3. The highest BCUT2D eigenvalue weighted by Crippen LogP contribution is 2.33. The maximum atomic E-state index is 14.7. The van der Waals surface area contributed by atoms with Gasteiger partial charge in [-0.1, -0.05) is 17.7 Å². The van der Waals surface area contributed by atoms with Crippen LogP contribution in [0.4, 0.5) is 18.9 Å². The van der Waals surface area contributed by atoms with Crippen molar-refractivity contribution < 1.29 is 27.6 Å². The van der Waals surface area contributed by atoms with Gasteiger partial charge in [0.2, 0.25) is 17.7 Å². The van der Waals surface area contributed by atoms with Crippen molar-refractivity contribution in [3.05, 3.63) is 63.9 Å². The molecule has 168 valence electrons. The second-order valence-corrected chi connectivity index (χ2v) is 8.33. The standard InChI is InChI=1S/C22H19ClF3N3O3/c23-15-5-11(1-3-16(15)24)6-20(31)27-12-9-29(10-12)13-7-17(25)21(18(26)8-13)14-2-4-19(30)28-22(14)32/h1,3,5,7-8,12,14H,2,4,6,9-10H2,(H,27,31)(H,28,30,32). The summed E-state index contributed by atoms with van der Waals surface area (Å²) in [6, 6.07) is 6.15. The minimum atomic E-state index is -1.05. The van der Waals surface area contributed by atoms with E-state index < -0.39 is 35.2 Å². The zero-order valence-corrected chi connectivity index (χ0v) is 17.5. The molecule has 4 rings (SSSR count). The van der Waals surface area contributed by atoms with Crippen molar-refractivity contribution in [3.63, 3.8) is 0 Å². The molecular weight excluding hydrogens is 447 g/mol. The molecule has 2 fully saturated rings. The maximum Gasteiger partial charge on any atom is 0.234 e. The molecule has 3 amide bonds. The van der Waals surface area contributed by atoms with Crippen molar-refractivity contribution in [1.29, 1.82) is 0 Å². The molecule has 2 aromatic rings. The van der Waals surface area contributed by atoms with Crippen LogP contribution in [-0.2, 0) is 20.8 Å². The first-order valence-electron chi connectivity index (χ1n) is 10.0. The van der Waals surface area contributed by atoms with Crippen LogP contribution in [0.2, 0.25) is 5.02 Å². The van der Waals surface area contributed by atoms with Crippen molar-refractivity contribution in [1.82, 2.24) is 10.6 Å². The summed E-state index contributed by atoms with van der Waals surface area (Å²) in [4.78, 5) is 37.1. The Labute approximate surface area is 186 Å². The van der Waals surface area contributed by atoms with Gasteiger partial charge in [-0.25, -0.2) is 13.2 Å². The summed E-state index contributed by atoms with van der Waals surface area (Å²) in [6.45, 7) is 0.707. The first-order chi connectivity index (χ1) is 15.2. The Morgan fingerprint density at radius 2 is 1.78 bits per heavy atom. The number of carbonyl (C=O) groups excluding carboxylic acids is 3. The van der Waals surface area contributed by atoms with Gasteiger partial charge < -0.3 is 10.2 Å². The van der Waals surface area contributed by atoms with Crippen LogP contribution in [-0.4, -0.2) is 36.9 Å². The van der Waals surface area contributed by atoms with Crippen molar-refractivity contribution in [3.8, 4) is 0 Å². The van der Waals surface area contributed by atoms with Gasteiger partial charge in [-0.3, -0.25) is 19.7 Å². The van der Waals surface area contributed by atoms with Crippen LogP contribution in [0.1, 0.15) is 29.9 Å². The molecular formula is C22H19ClF3N3O3. The monoisotopic (exact) mass is 465 g/mol. The molecule has 0 aromatic heterocycles. The molecule has 1 atom stereocenters. The average molecular weight is 466 g/mol. The summed E-state index contributed by atoms with van der Waals surface area (Å²) in [5.41, 5.74) is 0.521. The molecule has 2 aromatic carbocycles. The quantitative estimate of drug-likeness (QED) is 0.666. The molecule has 0 radical (unpaired) electrons. The zero-order valence-electron chi connectivity index (χ0n) is 16.8. The van der Waals surface area contributed by atoms with Crippen molar-refractivity contribution >= 4 is 35.0 Å². The third-order valence-electron chi connectivity index (χ3n) is 5.61. The van der Waals surface area contributed by atoms with E-state index in [2.05, 4.69) is 10.6 Å². The van der Waals surface area contributed by atoms with Gasteiger partial charge in [-0.05, 0) is 36.2 Å². The Bertz CT molecular complexity index is 1080. The molecule has 10 heteroatoms. The summed E-state index contributed by atoms with van der Waals surface area (Å²) >= 11 is 5.72. The summed E-state index contributed by atoms with van der Waals surface area (Å²) in [7, 11) is 0. The second kappa shape index (κ2) is 8.82. The number of piperidine rings is 1. The number of nitrogens with one attached hydrogen (secondary N) is 2. The number of imide groups is 1. The number of benzene rings is 2. The van der Waals surface area contributed by atoms with Crippen LogP contribution >= 0.6 is 11.6 Å². The third-order valence-corrected chi connectivity index (χ3v) is 5.90. The normalized spacial score (nSPS) is 18.9. The number of anilines is 1. The van der Waals surface area contributed by atoms with Crippen LogP contribution in [0.5, 0.6) is 0 Å². The molecule has 0 bridgehead atoms. The van der Waals surface area contributed by atoms with E-state index in [9.17, 15) is 27.6 Å². The highest BCUT2D eigenvalue weighted by Gasteiger charge is 2.34. The first-order valence-corrected chi connectivity index (χ1v) is 10.4. The van der Waals surface area contributed by atoms with E-state index >= 15 is 0 Å². The second-order valence-electron chi connectivity index (χ2n) is 7.92. The fraction of sp³-hybridized carbons (Fsp3) is 0.318. The minimum absolute atomic E-state index is 0.0225. The number of amides is 3. The minimum Gasteiger partial charge on any atom is -0.367 e. The summed E-state index contributed by atoms with van der Waals surface area (Å²) in [5.74, 6) is -4.76. The van der Waals surface area contributed by atoms with Gasteiger partial charge in [0.15, 0.2) is 0 Å². The van der Waals surface area contributed by atoms with Crippen LogP contribution in [0.3, 0.4) is 0 Å². The zero-order chi connectivity index (χ0) is 23.0. The van der Waals surface area contributed by atoms with E-state index in [0.29, 0.717) is 24.3 Å². The largest absolute Gasteiger partial charge is 0.367 e. The van der Waals surface area contributed by atoms with E-state index in [1.165, 1.54) is 18.2 Å². The molecule has 32 heavy (non-hydrogen) atoms. The Kier molecular flexibility index (Phi) is 6.10. The molecule has 0 saturated carbocycles. The van der Waals surface area contributed by atoms with E-state index in [1.807, 2.05) is 0 Å². The van der Waals surface area contributed by atoms with Gasteiger partial charge >= 0.3 is 0 Å². The molecule has 6 nitrogen and oxygen atoms in total. The first kappa shape index (κ1) is 22.1. The van der Waals surface area contributed by atoms with Crippen LogP contribution in [0.25, 0.3) is 0 Å². The number of rotatable bonds is 5. The van der Waals surface area contributed by atoms with Gasteiger partial charge in [0, 0.05) is 30.8 Å². The van der Waals surface area contributed by atoms with Gasteiger partial charge in [-0.15, -0.1) is 0 Å². The van der Waals surface area contributed by atoms with Crippen LogP contribution < -0.4 is 15.5 Å². The lowest BCUT2D eigenvalue weighted by Gasteiger charge is -2.41. The lowest BCUT2D eigenvalue weighted by Crippen LogP contribution is -2.59. The number of halogens is 4. The molecule has 1 unspecified atom stereocenters. The van der Waals surface area contributed by atoms with E-state index in [0.717, 1.165) is 12.1 Å². The van der Waals surface area contributed by atoms with Crippen molar-refractivity contribution in [2.75, 3.05) is 18.0 Å².